The number of alkyl halides is 1. The van der Waals surface area contributed by atoms with E-state index in [2.05, 4.69) is 22.1 Å². The molecule has 1 heterocycles. The first kappa shape index (κ1) is 23.0. The highest BCUT2D eigenvalue weighted by Crippen LogP contribution is 2.31. The zero-order valence-corrected chi connectivity index (χ0v) is 19.3. The van der Waals surface area contributed by atoms with Crippen LogP contribution in [0.25, 0.3) is 10.2 Å². The lowest BCUT2D eigenvalue weighted by atomic mass is 10.2. The summed E-state index contributed by atoms with van der Waals surface area (Å²) in [6.45, 7) is 6.78. The molecule has 0 spiro atoms. The lowest BCUT2D eigenvalue weighted by Gasteiger charge is -2.21. The minimum atomic E-state index is -0.353. The number of halogens is 1. The molecule has 2 aromatic carbocycles. The Morgan fingerprint density at radius 1 is 1.19 bits per heavy atom. The number of nitrogens with zero attached hydrogens (tertiary/aromatic N) is 4. The molecule has 0 atom stereocenters. The highest BCUT2D eigenvalue weighted by Gasteiger charge is 2.20. The van der Waals surface area contributed by atoms with Crippen molar-refractivity contribution in [3.8, 4) is 5.75 Å². The van der Waals surface area contributed by atoms with E-state index in [4.69, 9.17) is 22.1 Å². The fourth-order valence-electron chi connectivity index (χ4n) is 3.23. The van der Waals surface area contributed by atoms with Gasteiger partial charge in [-0.15, -0.1) is 11.6 Å². The smallest absolute Gasteiger partial charge is 0.409 e. The molecule has 164 valence electrons. The number of aryl methyl sites for hydroxylation is 1. The van der Waals surface area contributed by atoms with Crippen molar-refractivity contribution in [1.82, 2.24) is 0 Å². The van der Waals surface area contributed by atoms with Crippen molar-refractivity contribution >= 4 is 55.6 Å². The molecule has 31 heavy (non-hydrogen) atoms. The van der Waals surface area contributed by atoms with Crippen LogP contribution in [-0.2, 0) is 11.3 Å². The van der Waals surface area contributed by atoms with Crippen molar-refractivity contribution in [3.05, 3.63) is 42.5 Å². The summed E-state index contributed by atoms with van der Waals surface area (Å²) in [6.07, 6.45) is 0.231. The predicted molar refractivity (Wildman–Crippen MR) is 126 cm³/mol. The van der Waals surface area contributed by atoms with E-state index in [1.165, 1.54) is 11.3 Å². The van der Waals surface area contributed by atoms with Crippen LogP contribution >= 0.6 is 22.9 Å². The first-order chi connectivity index (χ1) is 15.0. The Kier molecular flexibility index (Phi) is 8.20. The van der Waals surface area contributed by atoms with Gasteiger partial charge in [0.1, 0.15) is 23.5 Å². The number of azo groups is 1. The van der Waals surface area contributed by atoms with Gasteiger partial charge in [-0.2, -0.15) is 0 Å². The van der Waals surface area contributed by atoms with Crippen molar-refractivity contribution in [2.45, 2.75) is 26.8 Å². The van der Waals surface area contributed by atoms with E-state index in [-0.39, 0.29) is 12.3 Å². The molecule has 0 saturated heterocycles. The Bertz CT molecular complexity index is 1050. The Morgan fingerprint density at radius 3 is 2.61 bits per heavy atom. The molecule has 0 radical (unpaired) electrons. The Balaban J connectivity index is 1.88. The number of thiazole rings is 1. The molecule has 9 heteroatoms. The fraction of sp³-hybridized carbons (Fsp3) is 0.364. The summed E-state index contributed by atoms with van der Waals surface area (Å²) in [6, 6.07) is 13.8. The molecule has 0 aliphatic rings. The third-order valence-corrected chi connectivity index (χ3v) is 5.95. The maximum absolute atomic E-state index is 11.3. The van der Waals surface area contributed by atoms with Crippen LogP contribution in [0.4, 0.5) is 16.5 Å². The van der Waals surface area contributed by atoms with Gasteiger partial charge in [-0.1, -0.05) is 0 Å². The summed E-state index contributed by atoms with van der Waals surface area (Å²) in [4.78, 5) is 13.5. The van der Waals surface area contributed by atoms with Crippen LogP contribution in [0.15, 0.2) is 52.7 Å². The SMILES string of the molecule is CCOc1ccc2c(c1)sc(N=Nc1ccc(N(CC)CCCl)cc1)[n+]2CCC(N)=O. The number of aromatic nitrogens is 1. The highest BCUT2D eigenvalue weighted by atomic mass is 35.5. The molecule has 7 nitrogen and oxygen atoms in total. The average Bonchev–Trinajstić information content (AvgIpc) is 3.12. The van der Waals surface area contributed by atoms with Crippen LogP contribution in [0.1, 0.15) is 20.3 Å². The number of carbonyl (C=O) groups is 1. The number of hydrogen-bond acceptors (Lipinski definition) is 6. The molecular weight excluding hydrogens is 434 g/mol. The average molecular weight is 461 g/mol. The van der Waals surface area contributed by atoms with Crippen molar-refractivity contribution in [2.75, 3.05) is 30.5 Å². The Labute approximate surface area is 191 Å². The van der Waals surface area contributed by atoms with Crippen molar-refractivity contribution in [2.24, 2.45) is 16.0 Å². The molecule has 0 bridgehead atoms. The van der Waals surface area contributed by atoms with Crippen molar-refractivity contribution in [3.63, 3.8) is 0 Å². The number of nitrogens with two attached hydrogens (primary N) is 1. The molecule has 0 fully saturated rings. The first-order valence-corrected chi connectivity index (χ1v) is 11.6. The molecule has 0 unspecified atom stereocenters. The van der Waals surface area contributed by atoms with E-state index in [0.717, 1.165) is 40.4 Å². The van der Waals surface area contributed by atoms with Gasteiger partial charge in [0.2, 0.25) is 5.91 Å². The molecule has 3 rings (SSSR count). The monoisotopic (exact) mass is 460 g/mol. The summed E-state index contributed by atoms with van der Waals surface area (Å²) in [5.41, 5.74) is 8.19. The summed E-state index contributed by atoms with van der Waals surface area (Å²) in [7, 11) is 0. The summed E-state index contributed by atoms with van der Waals surface area (Å²) in [5.74, 6) is 1.03. The van der Waals surface area contributed by atoms with Gasteiger partial charge in [0.15, 0.2) is 0 Å². The number of fused-ring (bicyclic) bond motifs is 1. The summed E-state index contributed by atoms with van der Waals surface area (Å²) in [5, 5.41) is 9.59. The number of primary amides is 1. The van der Waals surface area contributed by atoms with Crippen molar-refractivity contribution < 1.29 is 14.1 Å². The lowest BCUT2D eigenvalue weighted by molar-refractivity contribution is -0.653. The van der Waals surface area contributed by atoms with Gasteiger partial charge in [-0.25, -0.2) is 4.57 Å². The molecule has 1 aromatic heterocycles. The quantitative estimate of drug-likeness (QED) is 0.250. The second kappa shape index (κ2) is 11.1. The van der Waals surface area contributed by atoms with E-state index < -0.39 is 0 Å². The molecule has 0 aliphatic carbocycles. The fourth-order valence-corrected chi connectivity index (χ4v) is 4.47. The van der Waals surface area contributed by atoms with Gasteiger partial charge in [-0.05, 0) is 66.7 Å². The second-order valence-electron chi connectivity index (χ2n) is 6.80. The van der Waals surface area contributed by atoms with Gasteiger partial charge in [0.25, 0.3) is 0 Å². The molecule has 2 N–H and O–H groups in total. The maximum Gasteiger partial charge on any atom is 0.409 e. The van der Waals surface area contributed by atoms with Crippen LogP contribution in [0, 0.1) is 0 Å². The Hall–Kier alpha value is -2.71. The molecule has 1 amide bonds. The van der Waals surface area contributed by atoms with Gasteiger partial charge in [-0.3, -0.25) is 4.79 Å². The molecule has 0 aliphatic heterocycles. The minimum absolute atomic E-state index is 0.231. The van der Waals surface area contributed by atoms with Crippen molar-refractivity contribution in [1.29, 1.82) is 0 Å². The highest BCUT2D eigenvalue weighted by molar-refractivity contribution is 7.21. The zero-order chi connectivity index (χ0) is 22.2. The van der Waals surface area contributed by atoms with Gasteiger partial charge in [0, 0.05) is 30.7 Å². The van der Waals surface area contributed by atoms with E-state index in [0.29, 0.717) is 24.2 Å². The predicted octanol–water partition coefficient (Wildman–Crippen LogP) is 4.94. The van der Waals surface area contributed by atoms with E-state index in [1.54, 1.807) is 0 Å². The van der Waals surface area contributed by atoms with Crippen LogP contribution in [0.2, 0.25) is 0 Å². The number of amides is 1. The van der Waals surface area contributed by atoms with E-state index >= 15 is 0 Å². The number of rotatable bonds is 11. The van der Waals surface area contributed by atoms with Gasteiger partial charge >= 0.3 is 5.13 Å². The zero-order valence-electron chi connectivity index (χ0n) is 17.8. The number of ether oxygens (including phenoxy) is 1. The largest absolute Gasteiger partial charge is 0.494 e. The summed E-state index contributed by atoms with van der Waals surface area (Å²) < 4.78 is 8.59. The normalized spacial score (nSPS) is 11.3. The van der Waals surface area contributed by atoms with Crippen LogP contribution in [0.3, 0.4) is 0 Å². The van der Waals surface area contributed by atoms with E-state index in [1.807, 2.05) is 54.0 Å². The third-order valence-electron chi connectivity index (χ3n) is 4.75. The number of hydrogen-bond donors (Lipinski definition) is 1. The van der Waals surface area contributed by atoms with Crippen LogP contribution in [0.5, 0.6) is 5.75 Å². The molecular formula is C22H27ClN5O2S+. The second-order valence-corrected chi connectivity index (χ2v) is 8.19. The number of benzene rings is 2. The van der Waals surface area contributed by atoms with Crippen LogP contribution in [-0.4, -0.2) is 31.5 Å². The topological polar surface area (TPSA) is 84.2 Å². The first-order valence-electron chi connectivity index (χ1n) is 10.3. The minimum Gasteiger partial charge on any atom is -0.494 e. The van der Waals surface area contributed by atoms with E-state index in [9.17, 15) is 4.79 Å². The number of carbonyl (C=O) groups excluding carboxylic acids is 1. The molecule has 3 aromatic rings. The maximum atomic E-state index is 11.3. The van der Waals surface area contributed by atoms with Gasteiger partial charge in [0.05, 0.1) is 22.8 Å². The van der Waals surface area contributed by atoms with Crippen LogP contribution < -0.4 is 19.9 Å². The lowest BCUT2D eigenvalue weighted by Crippen LogP contribution is -2.34. The molecule has 0 saturated carbocycles. The third kappa shape index (κ3) is 5.92. The standard InChI is InChI=1S/C22H26ClN5O2S/c1-3-27(14-12-23)17-7-5-16(6-8-17)25-26-22-28(13-11-21(24)29)19-10-9-18(30-4-2)15-20(19)31-22/h5-10,15H,3-4,11-14H2,1-2H3,(H-,24,29)/p+1. The van der Waals surface area contributed by atoms with Gasteiger partial charge < -0.3 is 15.4 Å². The number of anilines is 1. The Morgan fingerprint density at radius 2 is 1.97 bits per heavy atom. The summed E-state index contributed by atoms with van der Waals surface area (Å²) >= 11 is 7.38.